The third kappa shape index (κ3) is 13.0. The van der Waals surface area contributed by atoms with Gasteiger partial charge in [0.15, 0.2) is 37.0 Å². The summed E-state index contributed by atoms with van der Waals surface area (Å²) < 4.78 is 92.4. The van der Waals surface area contributed by atoms with Crippen molar-refractivity contribution in [3.63, 3.8) is 0 Å². The predicted molar refractivity (Wildman–Crippen MR) is 195 cm³/mol. The van der Waals surface area contributed by atoms with E-state index in [0.29, 0.717) is 5.56 Å². The standard InChI is InChI=1S/C36H53N3O17S/c1-34(2,3)31(41)50-18-20-22(23(21(38-39-37)29(48-11)51-20)49-17-19-15-13-12-14-16-19)52-30-27(56-57(44,45)46)25(55-33(43)36(7,8)9)24(26(53-30)28(40)47-10)54-32(42)35(4,5)6/h12-16,20-27,29-30H,17-18H2,1-11H3,(H,44,45,46)/t20-,21-,22-,23-,24+,25+,26-,27-,29+,30-/m1/s1. The monoisotopic (exact) mass is 831 g/mol. The van der Waals surface area contributed by atoms with Gasteiger partial charge in [-0.15, -0.1) is 0 Å². The Bertz CT molecular complexity index is 1720. The molecule has 21 heteroatoms. The highest BCUT2D eigenvalue weighted by Crippen LogP contribution is 2.37. The molecule has 0 amide bonds. The SMILES string of the molecule is COC(=O)[C@@H]1O[C@@H](O[C@H]2[C@H](OCc3ccccc3)[C@@H](N=[N+]=[N-])[C@@H](OC)O[C@@H]2COC(=O)C(C)(C)C)[C@H](OS(=O)(=O)O)[C@@H](OC(=O)C(C)(C)C)[C@@H]1OC(=O)C(C)(C)C. The molecule has 1 aromatic rings. The Morgan fingerprint density at radius 1 is 0.789 bits per heavy atom. The number of methoxy groups -OCH3 is 2. The van der Waals surface area contributed by atoms with E-state index in [9.17, 15) is 37.7 Å². The summed E-state index contributed by atoms with van der Waals surface area (Å²) in [4.78, 5) is 56.1. The van der Waals surface area contributed by atoms with E-state index in [0.717, 1.165) is 7.11 Å². The Labute approximate surface area is 331 Å². The summed E-state index contributed by atoms with van der Waals surface area (Å²) in [5.74, 6) is -3.77. The van der Waals surface area contributed by atoms with Crippen LogP contribution in [0.2, 0.25) is 0 Å². The van der Waals surface area contributed by atoms with E-state index in [1.54, 1.807) is 51.1 Å². The normalized spacial score (nSPS) is 28.4. The van der Waals surface area contributed by atoms with Crippen molar-refractivity contribution >= 4 is 34.3 Å². The largest absolute Gasteiger partial charge is 0.467 e. The Hall–Kier alpha value is -3.92. The van der Waals surface area contributed by atoms with Crippen molar-refractivity contribution in [2.45, 2.75) is 130 Å². The van der Waals surface area contributed by atoms with Gasteiger partial charge < -0.3 is 42.6 Å². The molecule has 0 bridgehead atoms. The van der Waals surface area contributed by atoms with Crippen LogP contribution in [-0.2, 0) is 83.0 Å². The average Bonchev–Trinajstić information content (AvgIpc) is 3.11. The Morgan fingerprint density at radius 2 is 1.35 bits per heavy atom. The summed E-state index contributed by atoms with van der Waals surface area (Å²) in [6.45, 7) is 13.0. The molecule has 2 aliphatic heterocycles. The maximum Gasteiger partial charge on any atom is 0.397 e. The lowest BCUT2D eigenvalue weighted by Gasteiger charge is -2.48. The smallest absolute Gasteiger partial charge is 0.397 e. The molecular formula is C36H53N3O17S. The summed E-state index contributed by atoms with van der Waals surface area (Å²) >= 11 is 0. The first-order valence-corrected chi connectivity index (χ1v) is 19.2. The van der Waals surface area contributed by atoms with Crippen LogP contribution >= 0.6 is 0 Å². The van der Waals surface area contributed by atoms with Gasteiger partial charge >= 0.3 is 34.3 Å². The zero-order valence-corrected chi connectivity index (χ0v) is 34.6. The van der Waals surface area contributed by atoms with Crippen molar-refractivity contribution in [3.05, 3.63) is 46.3 Å². The van der Waals surface area contributed by atoms with Gasteiger partial charge in [0.25, 0.3) is 0 Å². The lowest BCUT2D eigenvalue weighted by atomic mass is 9.93. The lowest BCUT2D eigenvalue weighted by Crippen LogP contribution is -2.67. The van der Waals surface area contributed by atoms with E-state index in [2.05, 4.69) is 10.0 Å². The Morgan fingerprint density at radius 3 is 1.84 bits per heavy atom. The molecule has 10 atom stereocenters. The van der Waals surface area contributed by atoms with E-state index in [1.807, 2.05) is 0 Å². The Kier molecular flexibility index (Phi) is 16.0. The van der Waals surface area contributed by atoms with Gasteiger partial charge in [-0.2, -0.15) is 8.42 Å². The van der Waals surface area contributed by atoms with E-state index < -0.39 is 118 Å². The predicted octanol–water partition coefficient (Wildman–Crippen LogP) is 3.60. The zero-order valence-electron chi connectivity index (χ0n) is 33.8. The van der Waals surface area contributed by atoms with Crippen LogP contribution in [0, 0.1) is 16.2 Å². The molecule has 20 nitrogen and oxygen atoms in total. The molecule has 0 aliphatic carbocycles. The lowest BCUT2D eigenvalue weighted by molar-refractivity contribution is -0.343. The number of benzene rings is 1. The highest BCUT2D eigenvalue weighted by Gasteiger charge is 2.59. The van der Waals surface area contributed by atoms with Crippen LogP contribution < -0.4 is 0 Å². The van der Waals surface area contributed by atoms with Crippen LogP contribution in [0.25, 0.3) is 10.4 Å². The molecule has 2 aliphatic rings. The minimum atomic E-state index is -5.49. The van der Waals surface area contributed by atoms with Crippen molar-refractivity contribution in [1.82, 2.24) is 0 Å². The molecule has 320 valence electrons. The van der Waals surface area contributed by atoms with E-state index in [4.69, 9.17) is 46.8 Å². The number of azide groups is 1. The van der Waals surface area contributed by atoms with Crippen molar-refractivity contribution in [2.24, 2.45) is 21.4 Å². The second-order valence-corrected chi connectivity index (χ2v) is 17.4. The molecule has 0 saturated carbocycles. The number of rotatable bonds is 14. The van der Waals surface area contributed by atoms with E-state index in [1.165, 1.54) is 48.7 Å². The highest BCUT2D eigenvalue weighted by molar-refractivity contribution is 7.80. The highest BCUT2D eigenvalue weighted by atomic mass is 32.3. The zero-order chi connectivity index (χ0) is 43.1. The molecule has 2 heterocycles. The van der Waals surface area contributed by atoms with Gasteiger partial charge in [-0.3, -0.25) is 18.9 Å². The first-order chi connectivity index (χ1) is 26.3. The van der Waals surface area contributed by atoms with Gasteiger partial charge in [0, 0.05) is 12.0 Å². The second-order valence-electron chi connectivity index (χ2n) is 16.4. The molecule has 0 spiro atoms. The average molecular weight is 832 g/mol. The molecule has 57 heavy (non-hydrogen) atoms. The van der Waals surface area contributed by atoms with Gasteiger partial charge in [0.05, 0.1) is 30.0 Å². The van der Waals surface area contributed by atoms with Crippen LogP contribution in [0.5, 0.6) is 0 Å². The fraction of sp³-hybridized carbons (Fsp3) is 0.722. The van der Waals surface area contributed by atoms with Crippen molar-refractivity contribution < 1.29 is 79.0 Å². The Balaban J connectivity index is 2.29. The molecule has 1 aromatic carbocycles. The number of ether oxygens (including phenoxy) is 9. The van der Waals surface area contributed by atoms with Crippen LogP contribution in [0.1, 0.15) is 67.9 Å². The summed E-state index contributed by atoms with van der Waals surface area (Å²) in [6, 6.07) is 7.40. The summed E-state index contributed by atoms with van der Waals surface area (Å²) in [5, 5.41) is 3.83. The molecule has 2 fully saturated rings. The quantitative estimate of drug-likeness (QED) is 0.0701. The fourth-order valence-electron chi connectivity index (χ4n) is 5.39. The molecular weight excluding hydrogens is 778 g/mol. The number of carbonyl (C=O) groups is 4. The van der Waals surface area contributed by atoms with Gasteiger partial charge in [0.2, 0.25) is 0 Å². The van der Waals surface area contributed by atoms with Crippen LogP contribution in [0.4, 0.5) is 0 Å². The summed E-state index contributed by atoms with van der Waals surface area (Å²) in [6.07, 6.45) is -16.1. The fourth-order valence-corrected chi connectivity index (χ4v) is 5.87. The van der Waals surface area contributed by atoms with Gasteiger partial charge in [-0.05, 0) is 73.4 Å². The van der Waals surface area contributed by atoms with E-state index >= 15 is 0 Å². The van der Waals surface area contributed by atoms with Crippen LogP contribution in [0.15, 0.2) is 35.4 Å². The molecule has 0 unspecified atom stereocenters. The third-order valence-electron chi connectivity index (χ3n) is 8.47. The first kappa shape index (κ1) is 47.5. The van der Waals surface area contributed by atoms with Crippen molar-refractivity contribution in [3.8, 4) is 0 Å². The second kappa shape index (κ2) is 19.2. The van der Waals surface area contributed by atoms with E-state index in [-0.39, 0.29) is 6.61 Å². The molecule has 0 aromatic heterocycles. The molecule has 0 radical (unpaired) electrons. The minimum Gasteiger partial charge on any atom is -0.467 e. The molecule has 1 N–H and O–H groups in total. The third-order valence-corrected chi connectivity index (χ3v) is 8.94. The van der Waals surface area contributed by atoms with Crippen LogP contribution in [0.3, 0.4) is 0 Å². The topological polar surface area (TPSA) is 264 Å². The number of hydrogen-bond acceptors (Lipinski definition) is 17. The number of hydrogen-bond donors (Lipinski definition) is 1. The van der Waals surface area contributed by atoms with Crippen molar-refractivity contribution in [2.75, 3.05) is 20.8 Å². The molecule has 2 saturated heterocycles. The maximum absolute atomic E-state index is 13.5. The van der Waals surface area contributed by atoms with Crippen molar-refractivity contribution in [1.29, 1.82) is 0 Å². The maximum atomic E-state index is 13.5. The number of nitrogens with zero attached hydrogens (tertiary/aromatic N) is 3. The molecule has 3 rings (SSSR count). The summed E-state index contributed by atoms with van der Waals surface area (Å²) in [7, 11) is -3.25. The van der Waals surface area contributed by atoms with Gasteiger partial charge in [-0.25, -0.2) is 8.98 Å². The van der Waals surface area contributed by atoms with Crippen LogP contribution in [-0.4, -0.2) is 119 Å². The van der Waals surface area contributed by atoms with Gasteiger partial charge in [0.1, 0.15) is 31.0 Å². The summed E-state index contributed by atoms with van der Waals surface area (Å²) in [5.41, 5.74) is 6.78. The number of esters is 4. The first-order valence-electron chi connectivity index (χ1n) is 17.8. The minimum absolute atomic E-state index is 0.133. The van der Waals surface area contributed by atoms with Gasteiger partial charge in [-0.1, -0.05) is 35.4 Å². The number of carbonyl (C=O) groups excluding carboxylic acids is 4.